The number of amides is 1. The van der Waals surface area contributed by atoms with Gasteiger partial charge < -0.3 is 14.8 Å². The Bertz CT molecular complexity index is 1220. The Morgan fingerprint density at radius 3 is 2.34 bits per heavy atom. The zero-order valence-electron chi connectivity index (χ0n) is 19.7. The number of hydrogen-bond donors (Lipinski definition) is 1. The molecule has 9 heteroatoms. The lowest BCUT2D eigenvalue weighted by Gasteiger charge is -2.24. The van der Waals surface area contributed by atoms with Crippen LogP contribution in [0.4, 0.5) is 10.1 Å². The van der Waals surface area contributed by atoms with Crippen molar-refractivity contribution in [2.24, 2.45) is 0 Å². The number of methoxy groups -OCH3 is 1. The topological polar surface area (TPSA) is 84.9 Å². The zero-order valence-corrected chi connectivity index (χ0v) is 20.6. The van der Waals surface area contributed by atoms with Gasteiger partial charge in [-0.25, -0.2) is 12.8 Å². The number of nitrogens with zero attached hydrogens (tertiary/aromatic N) is 1. The van der Waals surface area contributed by atoms with Gasteiger partial charge in [0.05, 0.1) is 24.3 Å². The van der Waals surface area contributed by atoms with E-state index in [-0.39, 0.29) is 4.90 Å². The Morgan fingerprint density at radius 1 is 1.00 bits per heavy atom. The van der Waals surface area contributed by atoms with Gasteiger partial charge in [0.25, 0.3) is 10.0 Å². The van der Waals surface area contributed by atoms with E-state index in [4.69, 9.17) is 9.47 Å². The van der Waals surface area contributed by atoms with Crippen LogP contribution in [0.1, 0.15) is 18.9 Å². The molecule has 1 N–H and O–H groups in total. The largest absolute Gasteiger partial charge is 0.496 e. The van der Waals surface area contributed by atoms with Crippen LogP contribution in [0.2, 0.25) is 0 Å². The van der Waals surface area contributed by atoms with Crippen LogP contribution in [0, 0.1) is 5.82 Å². The molecule has 0 saturated heterocycles. The average Bonchev–Trinajstić information content (AvgIpc) is 2.86. The van der Waals surface area contributed by atoms with E-state index in [1.54, 1.807) is 31.4 Å². The van der Waals surface area contributed by atoms with Crippen LogP contribution in [0.3, 0.4) is 0 Å². The number of carbonyl (C=O) groups excluding carboxylic acids is 1. The first-order chi connectivity index (χ1) is 16.8. The SMILES string of the molecule is CCOc1ccc(N(CC(=O)NCCCc2ccccc2OC)S(=O)(=O)c2ccc(F)cc2)cc1. The van der Waals surface area contributed by atoms with E-state index in [9.17, 15) is 17.6 Å². The molecule has 0 heterocycles. The van der Waals surface area contributed by atoms with Gasteiger partial charge in [-0.1, -0.05) is 18.2 Å². The summed E-state index contributed by atoms with van der Waals surface area (Å²) in [4.78, 5) is 12.6. The number of halogens is 1. The molecule has 0 aliphatic carbocycles. The summed E-state index contributed by atoms with van der Waals surface area (Å²) in [5, 5.41) is 2.78. The fourth-order valence-corrected chi connectivity index (χ4v) is 4.95. The van der Waals surface area contributed by atoms with Crippen LogP contribution in [-0.2, 0) is 21.2 Å². The van der Waals surface area contributed by atoms with Crippen molar-refractivity contribution >= 4 is 21.6 Å². The summed E-state index contributed by atoms with van der Waals surface area (Å²) >= 11 is 0. The molecule has 3 aromatic rings. The number of hydrogen-bond acceptors (Lipinski definition) is 5. The van der Waals surface area contributed by atoms with Crippen molar-refractivity contribution in [2.75, 3.05) is 31.1 Å². The van der Waals surface area contributed by atoms with Crippen molar-refractivity contribution in [3.05, 3.63) is 84.2 Å². The number of nitrogens with one attached hydrogen (secondary N) is 1. The van der Waals surface area contributed by atoms with Crippen molar-refractivity contribution in [1.29, 1.82) is 0 Å². The lowest BCUT2D eigenvalue weighted by atomic mass is 10.1. The second kappa shape index (κ2) is 12.2. The number of ether oxygens (including phenoxy) is 2. The van der Waals surface area contributed by atoms with Gasteiger partial charge in [-0.15, -0.1) is 0 Å². The summed E-state index contributed by atoms with van der Waals surface area (Å²) in [6, 6.07) is 18.6. The molecule has 0 saturated carbocycles. The van der Waals surface area contributed by atoms with Crippen LogP contribution in [0.15, 0.2) is 77.7 Å². The van der Waals surface area contributed by atoms with Crippen molar-refractivity contribution < 1.29 is 27.1 Å². The average molecular weight is 501 g/mol. The Kier molecular flexibility index (Phi) is 9.08. The molecule has 3 rings (SSSR count). The van der Waals surface area contributed by atoms with Crippen molar-refractivity contribution in [2.45, 2.75) is 24.7 Å². The highest BCUT2D eigenvalue weighted by Crippen LogP contribution is 2.26. The van der Waals surface area contributed by atoms with Gasteiger partial charge in [-0.2, -0.15) is 0 Å². The maximum atomic E-state index is 13.4. The number of para-hydroxylation sites is 1. The van der Waals surface area contributed by atoms with E-state index in [2.05, 4.69) is 5.32 Å². The molecule has 35 heavy (non-hydrogen) atoms. The summed E-state index contributed by atoms with van der Waals surface area (Å²) < 4.78 is 51.9. The molecule has 0 fully saturated rings. The molecule has 0 spiro atoms. The molecule has 0 atom stereocenters. The molecule has 0 unspecified atom stereocenters. The Labute approximate surface area is 205 Å². The van der Waals surface area contributed by atoms with Crippen LogP contribution >= 0.6 is 0 Å². The molecule has 0 aromatic heterocycles. The Balaban J connectivity index is 1.72. The molecule has 0 aliphatic rings. The van der Waals surface area contributed by atoms with E-state index in [0.29, 0.717) is 37.4 Å². The predicted molar refractivity (Wildman–Crippen MR) is 133 cm³/mol. The molecule has 3 aromatic carbocycles. The number of carbonyl (C=O) groups is 1. The normalized spacial score (nSPS) is 11.1. The first-order valence-corrected chi connectivity index (χ1v) is 12.7. The smallest absolute Gasteiger partial charge is 0.264 e. The second-order valence-corrected chi connectivity index (χ2v) is 9.52. The van der Waals surface area contributed by atoms with Gasteiger partial charge >= 0.3 is 0 Å². The minimum Gasteiger partial charge on any atom is -0.496 e. The van der Waals surface area contributed by atoms with E-state index < -0.39 is 28.3 Å². The van der Waals surface area contributed by atoms with E-state index >= 15 is 0 Å². The number of aryl methyl sites for hydroxylation is 1. The molecule has 1 amide bonds. The third-order valence-corrected chi connectivity index (χ3v) is 7.05. The quantitative estimate of drug-likeness (QED) is 0.377. The zero-order chi connectivity index (χ0) is 25.3. The molecule has 0 radical (unpaired) electrons. The van der Waals surface area contributed by atoms with Crippen LogP contribution < -0.4 is 19.1 Å². The molecular weight excluding hydrogens is 471 g/mol. The lowest BCUT2D eigenvalue weighted by molar-refractivity contribution is -0.119. The minimum atomic E-state index is -4.13. The Morgan fingerprint density at radius 2 is 1.69 bits per heavy atom. The molecular formula is C26H29FN2O5S. The van der Waals surface area contributed by atoms with E-state index in [1.165, 1.54) is 12.1 Å². The van der Waals surface area contributed by atoms with E-state index in [0.717, 1.165) is 27.8 Å². The van der Waals surface area contributed by atoms with Crippen LogP contribution in [0.5, 0.6) is 11.5 Å². The maximum absolute atomic E-state index is 13.4. The summed E-state index contributed by atoms with van der Waals surface area (Å²) in [6.07, 6.45) is 1.35. The van der Waals surface area contributed by atoms with Gasteiger partial charge in [-0.3, -0.25) is 9.10 Å². The molecule has 186 valence electrons. The van der Waals surface area contributed by atoms with Gasteiger partial charge in [0, 0.05) is 6.54 Å². The number of sulfonamides is 1. The highest BCUT2D eigenvalue weighted by Gasteiger charge is 2.27. The third kappa shape index (κ3) is 6.95. The Hall–Kier alpha value is -3.59. The molecule has 7 nitrogen and oxygen atoms in total. The summed E-state index contributed by atoms with van der Waals surface area (Å²) in [5.74, 6) is 0.357. The number of anilines is 1. The van der Waals surface area contributed by atoms with Crippen molar-refractivity contribution in [1.82, 2.24) is 5.32 Å². The van der Waals surface area contributed by atoms with E-state index in [1.807, 2.05) is 31.2 Å². The first-order valence-electron chi connectivity index (χ1n) is 11.2. The molecule has 0 bridgehead atoms. The fourth-order valence-electron chi connectivity index (χ4n) is 3.53. The standard InChI is InChI=1S/C26H29FN2O5S/c1-3-34-23-14-12-22(13-15-23)29(35(31,32)24-16-10-21(27)11-17-24)19-26(30)28-18-6-8-20-7-4-5-9-25(20)33-2/h4-5,7,9-17H,3,6,8,18-19H2,1-2H3,(H,28,30). The van der Waals surface area contributed by atoms with Gasteiger partial charge in [0.2, 0.25) is 5.91 Å². The lowest BCUT2D eigenvalue weighted by Crippen LogP contribution is -2.41. The van der Waals surface area contributed by atoms with Crippen molar-refractivity contribution in [3.63, 3.8) is 0 Å². The van der Waals surface area contributed by atoms with Crippen LogP contribution in [-0.4, -0.2) is 41.1 Å². The monoisotopic (exact) mass is 500 g/mol. The number of rotatable bonds is 12. The van der Waals surface area contributed by atoms with Gasteiger partial charge in [0.1, 0.15) is 23.9 Å². The summed E-state index contributed by atoms with van der Waals surface area (Å²) in [7, 11) is -2.52. The van der Waals surface area contributed by atoms with Crippen LogP contribution in [0.25, 0.3) is 0 Å². The van der Waals surface area contributed by atoms with Gasteiger partial charge in [0.15, 0.2) is 0 Å². The minimum absolute atomic E-state index is 0.114. The second-order valence-electron chi connectivity index (χ2n) is 7.66. The highest BCUT2D eigenvalue weighted by atomic mass is 32.2. The highest BCUT2D eigenvalue weighted by molar-refractivity contribution is 7.92. The molecule has 0 aliphatic heterocycles. The summed E-state index contributed by atoms with van der Waals surface area (Å²) in [5.41, 5.74) is 1.32. The number of benzene rings is 3. The predicted octanol–water partition coefficient (Wildman–Crippen LogP) is 4.18. The van der Waals surface area contributed by atoms with Gasteiger partial charge in [-0.05, 0) is 79.9 Å². The third-order valence-electron chi connectivity index (χ3n) is 5.26. The van der Waals surface area contributed by atoms with Crippen molar-refractivity contribution in [3.8, 4) is 11.5 Å². The first kappa shape index (κ1) is 26.0. The summed E-state index contributed by atoms with van der Waals surface area (Å²) in [6.45, 7) is 2.25. The fraction of sp³-hybridized carbons (Fsp3) is 0.269. The maximum Gasteiger partial charge on any atom is 0.264 e.